The molecule has 0 aromatic rings. The smallest absolute Gasteiger partial charge is 0.330 e. The molecule has 0 radical (unpaired) electrons. The number of aliphatic hydroxyl groups is 2. The van der Waals surface area contributed by atoms with E-state index >= 15 is 0 Å². The molecule has 0 aliphatic rings. The average Bonchev–Trinajstić information content (AvgIpc) is 2.02. The second kappa shape index (κ2) is 6.62. The van der Waals surface area contributed by atoms with E-state index in [1.165, 1.54) is 19.3 Å². The van der Waals surface area contributed by atoms with Crippen LogP contribution in [0.25, 0.3) is 0 Å². The minimum absolute atomic E-state index is 0.311. The largest absolute Gasteiger partial charge is 0.466 e. The molecule has 0 spiro atoms. The van der Waals surface area contributed by atoms with Gasteiger partial charge in [0.1, 0.15) is 0 Å². The predicted octanol–water partition coefficient (Wildman–Crippen LogP) is 0.237. The van der Waals surface area contributed by atoms with Crippen LogP contribution in [-0.2, 0) is 9.53 Å². The Morgan fingerprint density at radius 2 is 2.15 bits per heavy atom. The normalized spacial score (nSPS) is 15.7. The van der Waals surface area contributed by atoms with Gasteiger partial charge < -0.3 is 14.9 Å². The van der Waals surface area contributed by atoms with E-state index in [9.17, 15) is 9.90 Å². The van der Waals surface area contributed by atoms with Crippen LogP contribution in [0.2, 0.25) is 0 Å². The fourth-order valence-electron chi connectivity index (χ4n) is 0.879. The molecule has 2 unspecified atom stereocenters. The van der Waals surface area contributed by atoms with Gasteiger partial charge in [-0.3, -0.25) is 0 Å². The molecule has 0 saturated carbocycles. The lowest BCUT2D eigenvalue weighted by Crippen LogP contribution is -2.13. The van der Waals surface area contributed by atoms with E-state index < -0.39 is 18.2 Å². The average molecular weight is 188 g/mol. The van der Waals surface area contributed by atoms with Crippen LogP contribution in [0.15, 0.2) is 12.2 Å². The lowest BCUT2D eigenvalue weighted by molar-refractivity contribution is -0.134. The number of methoxy groups -OCH3 is 1. The van der Waals surface area contributed by atoms with Crippen LogP contribution in [0.4, 0.5) is 0 Å². The van der Waals surface area contributed by atoms with Crippen LogP contribution >= 0.6 is 0 Å². The first-order chi connectivity index (χ1) is 6.06. The molecule has 76 valence electrons. The van der Waals surface area contributed by atoms with Gasteiger partial charge in [-0.25, -0.2) is 4.79 Å². The molecule has 0 bridgehead atoms. The van der Waals surface area contributed by atoms with E-state index in [0.29, 0.717) is 12.8 Å². The Labute approximate surface area is 77.8 Å². The lowest BCUT2D eigenvalue weighted by atomic mass is 10.1. The van der Waals surface area contributed by atoms with E-state index in [1.807, 2.05) is 0 Å². The van der Waals surface area contributed by atoms with E-state index in [2.05, 4.69) is 4.74 Å². The second-order valence-corrected chi connectivity index (χ2v) is 2.90. The third kappa shape index (κ3) is 7.49. The van der Waals surface area contributed by atoms with Crippen molar-refractivity contribution in [3.05, 3.63) is 12.2 Å². The van der Waals surface area contributed by atoms with Crippen molar-refractivity contribution < 1.29 is 19.7 Å². The molecule has 2 N–H and O–H groups in total. The maximum atomic E-state index is 10.6. The Morgan fingerprint density at radius 1 is 1.54 bits per heavy atom. The van der Waals surface area contributed by atoms with Crippen LogP contribution in [-0.4, -0.2) is 35.5 Å². The van der Waals surface area contributed by atoms with Crippen molar-refractivity contribution >= 4 is 5.97 Å². The molecule has 0 aliphatic heterocycles. The SMILES string of the molecule is COC(=O)C=CCC(O)CC(C)O. The molecule has 4 heteroatoms. The maximum absolute atomic E-state index is 10.6. The zero-order chi connectivity index (χ0) is 10.3. The van der Waals surface area contributed by atoms with Crippen molar-refractivity contribution in [2.24, 2.45) is 0 Å². The third-order valence-corrected chi connectivity index (χ3v) is 1.48. The highest BCUT2D eigenvalue weighted by Gasteiger charge is 2.05. The molecule has 0 aromatic heterocycles. The van der Waals surface area contributed by atoms with Gasteiger partial charge in [0.05, 0.1) is 19.3 Å². The highest BCUT2D eigenvalue weighted by molar-refractivity contribution is 5.81. The molecule has 0 amide bonds. The number of rotatable bonds is 5. The molecule has 0 saturated heterocycles. The molecule has 0 fully saturated rings. The summed E-state index contributed by atoms with van der Waals surface area (Å²) >= 11 is 0. The third-order valence-electron chi connectivity index (χ3n) is 1.48. The summed E-state index contributed by atoms with van der Waals surface area (Å²) in [4.78, 5) is 10.6. The highest BCUT2D eigenvalue weighted by Crippen LogP contribution is 2.02. The van der Waals surface area contributed by atoms with Gasteiger partial charge in [-0.2, -0.15) is 0 Å². The fraction of sp³-hybridized carbons (Fsp3) is 0.667. The van der Waals surface area contributed by atoms with Gasteiger partial charge in [-0.05, 0) is 19.8 Å². The number of carbonyl (C=O) groups excluding carboxylic acids is 1. The zero-order valence-corrected chi connectivity index (χ0v) is 7.93. The van der Waals surface area contributed by atoms with Crippen LogP contribution in [0.5, 0.6) is 0 Å². The number of carbonyl (C=O) groups is 1. The molecule has 2 atom stereocenters. The first-order valence-electron chi connectivity index (χ1n) is 4.17. The monoisotopic (exact) mass is 188 g/mol. The molecule has 0 aromatic carbocycles. The quantitative estimate of drug-likeness (QED) is 0.479. The fourth-order valence-corrected chi connectivity index (χ4v) is 0.879. The first-order valence-corrected chi connectivity index (χ1v) is 4.17. The standard InChI is InChI=1S/C9H16O4/c1-7(10)6-8(11)4-3-5-9(12)13-2/h3,5,7-8,10-11H,4,6H2,1-2H3. The van der Waals surface area contributed by atoms with E-state index in [1.54, 1.807) is 6.92 Å². The van der Waals surface area contributed by atoms with Gasteiger partial charge in [0, 0.05) is 6.08 Å². The molecule has 13 heavy (non-hydrogen) atoms. The number of esters is 1. The molecule has 4 nitrogen and oxygen atoms in total. The highest BCUT2D eigenvalue weighted by atomic mass is 16.5. The second-order valence-electron chi connectivity index (χ2n) is 2.90. The van der Waals surface area contributed by atoms with Crippen molar-refractivity contribution in [3.8, 4) is 0 Å². The lowest BCUT2D eigenvalue weighted by Gasteiger charge is -2.09. The first kappa shape index (κ1) is 12.1. The minimum Gasteiger partial charge on any atom is -0.466 e. The van der Waals surface area contributed by atoms with Crippen molar-refractivity contribution in [2.45, 2.75) is 32.0 Å². The van der Waals surface area contributed by atoms with E-state index in [4.69, 9.17) is 5.11 Å². The van der Waals surface area contributed by atoms with Crippen molar-refractivity contribution in [2.75, 3.05) is 7.11 Å². The minimum atomic E-state index is -0.610. The molecule has 0 heterocycles. The Balaban J connectivity index is 3.62. The molecule has 0 aliphatic carbocycles. The van der Waals surface area contributed by atoms with Crippen molar-refractivity contribution in [3.63, 3.8) is 0 Å². The summed E-state index contributed by atoms with van der Waals surface area (Å²) in [6.45, 7) is 1.60. The summed E-state index contributed by atoms with van der Waals surface area (Å²) in [5.74, 6) is -0.441. The van der Waals surface area contributed by atoms with Crippen LogP contribution in [0, 0.1) is 0 Å². The summed E-state index contributed by atoms with van der Waals surface area (Å²) < 4.78 is 4.36. The van der Waals surface area contributed by atoms with Gasteiger partial charge in [-0.15, -0.1) is 0 Å². The number of aliphatic hydroxyl groups excluding tert-OH is 2. The van der Waals surface area contributed by atoms with Crippen molar-refractivity contribution in [1.82, 2.24) is 0 Å². The van der Waals surface area contributed by atoms with Gasteiger partial charge in [0.25, 0.3) is 0 Å². The summed E-state index contributed by atoms with van der Waals surface area (Å²) in [6.07, 6.45) is 2.30. The summed E-state index contributed by atoms with van der Waals surface area (Å²) in [5, 5.41) is 18.1. The topological polar surface area (TPSA) is 66.8 Å². The zero-order valence-electron chi connectivity index (χ0n) is 7.93. The van der Waals surface area contributed by atoms with Gasteiger partial charge >= 0.3 is 5.97 Å². The summed E-state index contributed by atoms with van der Waals surface area (Å²) in [5.41, 5.74) is 0. The van der Waals surface area contributed by atoms with Gasteiger partial charge in [-0.1, -0.05) is 6.08 Å². The van der Waals surface area contributed by atoms with Gasteiger partial charge in [0.2, 0.25) is 0 Å². The van der Waals surface area contributed by atoms with E-state index in [-0.39, 0.29) is 0 Å². The Morgan fingerprint density at radius 3 is 2.62 bits per heavy atom. The van der Waals surface area contributed by atoms with Gasteiger partial charge in [0.15, 0.2) is 0 Å². The van der Waals surface area contributed by atoms with E-state index in [0.717, 1.165) is 0 Å². The Kier molecular flexibility index (Phi) is 6.18. The predicted molar refractivity (Wildman–Crippen MR) is 48.1 cm³/mol. The Bertz CT molecular complexity index is 174. The molecular weight excluding hydrogens is 172 g/mol. The number of hydrogen-bond acceptors (Lipinski definition) is 4. The number of ether oxygens (including phenoxy) is 1. The Hall–Kier alpha value is -0.870. The van der Waals surface area contributed by atoms with Crippen molar-refractivity contribution in [1.29, 1.82) is 0 Å². The van der Waals surface area contributed by atoms with Crippen LogP contribution in [0.3, 0.4) is 0 Å². The number of hydrogen-bond donors (Lipinski definition) is 2. The summed E-state index contributed by atoms with van der Waals surface area (Å²) in [6, 6.07) is 0. The van der Waals surface area contributed by atoms with Crippen LogP contribution in [0.1, 0.15) is 19.8 Å². The maximum Gasteiger partial charge on any atom is 0.330 e. The van der Waals surface area contributed by atoms with Crippen LogP contribution < -0.4 is 0 Å². The molecule has 0 rings (SSSR count). The summed E-state index contributed by atoms with van der Waals surface area (Å²) in [7, 11) is 1.29. The molecular formula is C9H16O4.